The van der Waals surface area contributed by atoms with Gasteiger partial charge in [0.05, 0.1) is 5.69 Å². The second-order valence-corrected chi connectivity index (χ2v) is 12.5. The Labute approximate surface area is 236 Å². The molecule has 5 aromatic carbocycles. The molecule has 0 N–H and O–H groups in total. The molecule has 0 aliphatic heterocycles. The second-order valence-electron chi connectivity index (χ2n) is 10.3. The zero-order valence-corrected chi connectivity index (χ0v) is 23.2. The van der Waals surface area contributed by atoms with E-state index in [1.807, 2.05) is 0 Å². The lowest BCUT2D eigenvalue weighted by Crippen LogP contribution is -2.23. The minimum absolute atomic E-state index is 0.913. The van der Waals surface area contributed by atoms with Crippen molar-refractivity contribution in [1.29, 1.82) is 0 Å². The number of hydrogen-bond donors (Lipinski definition) is 0. The number of nitrogens with zero attached hydrogens (tertiary/aromatic N) is 3. The lowest BCUT2D eigenvalue weighted by molar-refractivity contribution is 0.789. The molecule has 0 radical (unpaired) electrons. The van der Waals surface area contributed by atoms with Crippen LogP contribution in [0.15, 0.2) is 133 Å². The molecule has 1 heterocycles. The van der Waals surface area contributed by atoms with Gasteiger partial charge >= 0.3 is 0 Å². The molecule has 0 unspecified atom stereocenters. The zero-order chi connectivity index (χ0) is 26.7. The van der Waals surface area contributed by atoms with Crippen molar-refractivity contribution in [3.05, 3.63) is 156 Å². The molecule has 4 aliphatic rings. The van der Waals surface area contributed by atoms with Crippen molar-refractivity contribution < 1.29 is 0 Å². The van der Waals surface area contributed by atoms with Crippen LogP contribution in [0.3, 0.4) is 0 Å². The Bertz CT molecular complexity index is 1690. The maximum Gasteiger partial charge on any atom is 0.123 e. The summed E-state index contributed by atoms with van der Waals surface area (Å²) in [7, 11) is -0.913. The topological polar surface area (TPSA) is 30.7 Å². The van der Waals surface area contributed by atoms with Crippen LogP contribution in [0.2, 0.25) is 0 Å². The third kappa shape index (κ3) is 4.90. The summed E-state index contributed by atoms with van der Waals surface area (Å²) in [6, 6.07) is 48.3. The Hall–Kier alpha value is -4.33. The summed E-state index contributed by atoms with van der Waals surface area (Å²) in [5.74, 6) is 0. The van der Waals surface area contributed by atoms with Gasteiger partial charge in [-0.15, -0.1) is 5.10 Å². The average Bonchev–Trinajstić information content (AvgIpc) is 3.44. The summed E-state index contributed by atoms with van der Waals surface area (Å²) in [6.07, 6.45) is 3.97. The van der Waals surface area contributed by atoms with Gasteiger partial charge < -0.3 is 0 Å². The molecule has 4 heteroatoms. The summed E-state index contributed by atoms with van der Waals surface area (Å²) in [6.45, 7) is 0. The molecule has 0 saturated heterocycles. The number of rotatable bonds is 5. The molecule has 0 spiro atoms. The van der Waals surface area contributed by atoms with Gasteiger partial charge in [0.15, 0.2) is 0 Å². The number of aromatic nitrogens is 3. The van der Waals surface area contributed by atoms with Gasteiger partial charge in [-0.1, -0.05) is 133 Å². The van der Waals surface area contributed by atoms with Gasteiger partial charge in [-0.05, 0) is 64.6 Å². The highest BCUT2D eigenvalue weighted by Crippen LogP contribution is 2.37. The first kappa shape index (κ1) is 24.7. The van der Waals surface area contributed by atoms with Crippen molar-refractivity contribution in [2.45, 2.75) is 25.7 Å². The molecule has 4 aliphatic carbocycles. The van der Waals surface area contributed by atoms with E-state index in [-0.39, 0.29) is 0 Å². The van der Waals surface area contributed by atoms with E-state index >= 15 is 0 Å². The van der Waals surface area contributed by atoms with E-state index in [1.165, 1.54) is 32.9 Å². The normalized spacial score (nSPS) is 12.8. The molecular formula is C36H30N3P. The summed E-state index contributed by atoms with van der Waals surface area (Å²) in [5, 5.41) is 12.5. The van der Waals surface area contributed by atoms with Crippen LogP contribution in [0.1, 0.15) is 22.3 Å². The summed E-state index contributed by atoms with van der Waals surface area (Å²) < 4.78 is 2.12. The fraction of sp³-hybridized carbons (Fsp3) is 0.111. The van der Waals surface area contributed by atoms with Gasteiger partial charge in [-0.3, -0.25) is 0 Å². The van der Waals surface area contributed by atoms with Crippen molar-refractivity contribution in [2.75, 3.05) is 0 Å². The fourth-order valence-electron chi connectivity index (χ4n) is 5.60. The van der Waals surface area contributed by atoms with Gasteiger partial charge in [0, 0.05) is 13.5 Å². The number of aryl methyl sites for hydroxylation is 4. The molecule has 0 atom stereocenters. The zero-order valence-electron chi connectivity index (χ0n) is 22.3. The van der Waals surface area contributed by atoms with Gasteiger partial charge in [0.1, 0.15) is 11.1 Å². The molecule has 0 amide bonds. The predicted octanol–water partition coefficient (Wildman–Crippen LogP) is 6.58. The van der Waals surface area contributed by atoms with E-state index in [1.54, 1.807) is 0 Å². The molecule has 3 nitrogen and oxygen atoms in total. The molecule has 4 bridgehead atoms. The smallest absolute Gasteiger partial charge is 0.123 e. The average molecular weight is 536 g/mol. The van der Waals surface area contributed by atoms with Gasteiger partial charge in [0.2, 0.25) is 0 Å². The third-order valence-corrected chi connectivity index (χ3v) is 10.1. The van der Waals surface area contributed by atoms with Crippen molar-refractivity contribution in [3.8, 4) is 16.9 Å². The van der Waals surface area contributed by atoms with Gasteiger partial charge in [0.25, 0.3) is 0 Å². The molecule has 1 aromatic heterocycles. The summed E-state index contributed by atoms with van der Waals surface area (Å²) in [5.41, 5.74) is 9.77. The van der Waals surface area contributed by atoms with E-state index in [4.69, 9.17) is 10.3 Å². The van der Waals surface area contributed by atoms with Crippen LogP contribution in [-0.2, 0) is 25.7 Å². The Morgan fingerprint density at radius 3 is 1.68 bits per heavy atom. The highest BCUT2D eigenvalue weighted by molar-refractivity contribution is 7.79. The Kier molecular flexibility index (Phi) is 6.81. The first-order valence-electron chi connectivity index (χ1n) is 13.9. The fourth-order valence-corrected chi connectivity index (χ4v) is 7.89. The molecule has 0 saturated carbocycles. The quantitative estimate of drug-likeness (QED) is 0.234. The molecular weight excluding hydrogens is 505 g/mol. The lowest BCUT2D eigenvalue weighted by Gasteiger charge is -2.20. The van der Waals surface area contributed by atoms with Crippen LogP contribution in [0.4, 0.5) is 0 Å². The highest BCUT2D eigenvalue weighted by Gasteiger charge is 2.27. The Balaban J connectivity index is 1.43. The predicted molar refractivity (Wildman–Crippen MR) is 167 cm³/mol. The maximum atomic E-state index is 4.99. The van der Waals surface area contributed by atoms with Crippen molar-refractivity contribution in [1.82, 2.24) is 15.0 Å². The standard InChI is InChI=1S/C36H30N3P/c1-4-10-31(11-5-1)35-36(40(32-12-6-2-7-13-32)33-14-8-3-9-15-33)37-38-39(35)34-26-29-21-20-27-16-18-28(19-17-27)22-24-30(34)25-23-29/h1-19,23,25-26H,20-22,24H2. The second kappa shape index (κ2) is 11.0. The van der Waals surface area contributed by atoms with Crippen LogP contribution < -0.4 is 16.0 Å². The highest BCUT2D eigenvalue weighted by atomic mass is 31.1. The van der Waals surface area contributed by atoms with E-state index < -0.39 is 7.92 Å². The first-order chi connectivity index (χ1) is 19.8. The Morgan fingerprint density at radius 2 is 1.05 bits per heavy atom. The van der Waals surface area contributed by atoms with E-state index in [0.717, 1.165) is 48.1 Å². The van der Waals surface area contributed by atoms with Gasteiger partial charge in [-0.25, -0.2) is 4.68 Å². The minimum atomic E-state index is -0.913. The first-order valence-corrected chi connectivity index (χ1v) is 15.3. The lowest BCUT2D eigenvalue weighted by atomic mass is 9.95. The van der Waals surface area contributed by atoms with Crippen molar-refractivity contribution in [3.63, 3.8) is 0 Å². The SMILES string of the molecule is c1ccc(-c2c(P(c3ccccc3)c3ccccc3)nnn2-c2cc3ccc2CCc2ccc(cc2)CC3)cc1. The van der Waals surface area contributed by atoms with E-state index in [9.17, 15) is 0 Å². The van der Waals surface area contributed by atoms with Crippen molar-refractivity contribution >= 4 is 24.0 Å². The maximum absolute atomic E-state index is 4.99. The summed E-state index contributed by atoms with van der Waals surface area (Å²) in [4.78, 5) is 0. The minimum Gasteiger partial charge on any atom is -0.212 e. The Morgan fingerprint density at radius 1 is 0.525 bits per heavy atom. The summed E-state index contributed by atoms with van der Waals surface area (Å²) >= 11 is 0. The van der Waals surface area contributed by atoms with Crippen LogP contribution >= 0.6 is 7.92 Å². The van der Waals surface area contributed by atoms with Crippen molar-refractivity contribution in [2.24, 2.45) is 0 Å². The van der Waals surface area contributed by atoms with E-state index in [2.05, 4.69) is 138 Å². The number of hydrogen-bond acceptors (Lipinski definition) is 2. The molecule has 194 valence electrons. The van der Waals surface area contributed by atoms with Crippen LogP contribution in [-0.4, -0.2) is 15.0 Å². The van der Waals surface area contributed by atoms with Crippen LogP contribution in [0, 0.1) is 0 Å². The largest absolute Gasteiger partial charge is 0.212 e. The van der Waals surface area contributed by atoms with Crippen LogP contribution in [0.5, 0.6) is 0 Å². The molecule has 40 heavy (non-hydrogen) atoms. The number of benzene rings is 5. The van der Waals surface area contributed by atoms with E-state index in [0.29, 0.717) is 0 Å². The molecule has 6 aromatic rings. The van der Waals surface area contributed by atoms with Crippen LogP contribution in [0.25, 0.3) is 16.9 Å². The molecule has 0 fully saturated rings. The third-order valence-electron chi connectivity index (χ3n) is 7.73. The van der Waals surface area contributed by atoms with Gasteiger partial charge in [-0.2, -0.15) is 0 Å². The molecule has 10 rings (SSSR count). The monoisotopic (exact) mass is 535 g/mol.